The Hall–Kier alpha value is -4.74. The molecule has 4 aliphatic rings. The number of fused-ring (bicyclic) bond motifs is 2. The minimum absolute atomic E-state index is 0.0305. The highest BCUT2D eigenvalue weighted by atomic mass is 16.7. The Morgan fingerprint density at radius 1 is 0.938 bits per heavy atom. The van der Waals surface area contributed by atoms with Gasteiger partial charge in [-0.15, -0.1) is 0 Å². The van der Waals surface area contributed by atoms with E-state index < -0.39 is 12.1 Å². The lowest BCUT2D eigenvalue weighted by Crippen LogP contribution is -2.62. The van der Waals surface area contributed by atoms with Gasteiger partial charge in [0.1, 0.15) is 17.9 Å². The number of para-hydroxylation sites is 1. The molecule has 10 nitrogen and oxygen atoms in total. The number of carbonyl (C=O) groups is 2. The molecule has 0 aromatic heterocycles. The summed E-state index contributed by atoms with van der Waals surface area (Å²) in [5.41, 5.74) is 6.66. The monoisotopic (exact) mass is 872 g/mol. The van der Waals surface area contributed by atoms with Crippen LogP contribution in [0.1, 0.15) is 87.9 Å². The van der Waals surface area contributed by atoms with Crippen LogP contribution in [0.5, 0.6) is 5.75 Å². The predicted molar refractivity (Wildman–Crippen MR) is 257 cm³/mol. The van der Waals surface area contributed by atoms with Gasteiger partial charge in [-0.05, 0) is 110 Å². The fourth-order valence-corrected chi connectivity index (χ4v) is 11.2. The second kappa shape index (κ2) is 20.6. The third kappa shape index (κ3) is 10.5. The van der Waals surface area contributed by atoms with E-state index in [-0.39, 0.29) is 49.0 Å². The van der Waals surface area contributed by atoms with Crippen molar-refractivity contribution in [1.29, 1.82) is 0 Å². The van der Waals surface area contributed by atoms with Gasteiger partial charge in [-0.2, -0.15) is 5.06 Å². The lowest BCUT2D eigenvalue weighted by molar-refractivity contribution is -0.183. The number of aliphatic hydroxyl groups excluding tert-OH is 1. The Labute approximate surface area is 382 Å². The third-order valence-electron chi connectivity index (χ3n) is 14.9. The van der Waals surface area contributed by atoms with E-state index in [9.17, 15) is 14.7 Å². The number of amides is 2. The summed E-state index contributed by atoms with van der Waals surface area (Å²) in [5.74, 6) is 2.05. The highest BCUT2D eigenvalue weighted by Gasteiger charge is 2.57. The normalized spacial score (nSPS) is 24.7. The first-order valence-electron chi connectivity index (χ1n) is 23.6. The number of rotatable bonds is 19. The van der Waals surface area contributed by atoms with E-state index in [0.29, 0.717) is 40.4 Å². The summed E-state index contributed by atoms with van der Waals surface area (Å²) in [5, 5.41) is 23.3. The number of hydrogen-bond acceptors (Lipinski definition) is 8. The van der Waals surface area contributed by atoms with Gasteiger partial charge in [-0.25, -0.2) is 0 Å². The van der Waals surface area contributed by atoms with Gasteiger partial charge in [0.2, 0.25) is 5.91 Å². The SMILES string of the molecule is COc1c(CN2O[C@@H](CO)[C@@H]([C@H](C)NCCc3ccccc3)[C@H]2C(=O)N[C@H]2C[C@@H]3C[C@H]([C@@H]2C)C3(C)C)cccc1-c1cc(C(=O)N[C@@H](Cc2ccccc2)CC(C)C)cc(N(C)C)c1. The molecular formula is C54H73N5O5. The van der Waals surface area contributed by atoms with Crippen LogP contribution in [0.3, 0.4) is 0 Å². The van der Waals surface area contributed by atoms with E-state index in [2.05, 4.69) is 100.0 Å². The third-order valence-corrected chi connectivity index (χ3v) is 14.9. The molecule has 4 aromatic rings. The molecule has 10 heteroatoms. The van der Waals surface area contributed by atoms with Crippen molar-refractivity contribution in [3.8, 4) is 16.9 Å². The number of nitrogens with one attached hydrogen (secondary N) is 3. The number of aliphatic hydroxyl groups is 1. The van der Waals surface area contributed by atoms with E-state index in [1.807, 2.05) is 73.6 Å². The first kappa shape index (κ1) is 47.2. The Morgan fingerprint density at radius 3 is 2.27 bits per heavy atom. The molecule has 344 valence electrons. The maximum atomic E-state index is 14.9. The molecule has 4 N–H and O–H groups in total. The van der Waals surface area contributed by atoms with Crippen molar-refractivity contribution in [2.45, 2.75) is 110 Å². The number of nitrogens with zero attached hydrogens (tertiary/aromatic N) is 2. The van der Waals surface area contributed by atoms with Crippen LogP contribution in [0.25, 0.3) is 11.1 Å². The van der Waals surface area contributed by atoms with Crippen molar-refractivity contribution in [1.82, 2.24) is 21.0 Å². The summed E-state index contributed by atoms with van der Waals surface area (Å²) < 4.78 is 6.25. The summed E-state index contributed by atoms with van der Waals surface area (Å²) in [7, 11) is 5.62. The fraction of sp³-hybridized carbons (Fsp3) is 0.519. The quantitative estimate of drug-likeness (QED) is 0.0745. The van der Waals surface area contributed by atoms with Crippen molar-refractivity contribution in [2.24, 2.45) is 35.0 Å². The molecule has 2 bridgehead atoms. The molecule has 1 aliphatic heterocycles. The summed E-state index contributed by atoms with van der Waals surface area (Å²) in [6, 6.07) is 31.9. The molecule has 4 aromatic carbocycles. The number of hydrogen-bond donors (Lipinski definition) is 4. The van der Waals surface area contributed by atoms with Crippen LogP contribution in [0.2, 0.25) is 0 Å². The van der Waals surface area contributed by atoms with Crippen LogP contribution in [-0.4, -0.2) is 86.6 Å². The van der Waals surface area contributed by atoms with E-state index in [4.69, 9.17) is 9.57 Å². The molecule has 3 saturated carbocycles. The minimum atomic E-state index is -0.676. The summed E-state index contributed by atoms with van der Waals surface area (Å²) in [4.78, 5) is 37.7. The van der Waals surface area contributed by atoms with Gasteiger partial charge >= 0.3 is 0 Å². The Bertz CT molecular complexity index is 2180. The Balaban J connectivity index is 1.17. The zero-order chi connectivity index (χ0) is 45.7. The molecule has 9 atom stereocenters. The first-order chi connectivity index (χ1) is 30.7. The number of ether oxygens (including phenoxy) is 1. The lowest BCUT2D eigenvalue weighted by atomic mass is 9.45. The standard InChI is InChI=1S/C54H73N5O5/c1-34(2)25-43(26-38-19-14-11-15-20-38)56-52(61)41-27-40(28-44(29-41)58(7)8)45-22-16-21-39(51(45)63-9)32-59-50(53(62)57-47-31-42-30-46(35(47)3)54(42,5)6)49(48(33-60)64-59)36(4)55-24-23-37-17-12-10-13-18-37/h10-22,27-29,34-36,42-43,46-50,55,60H,23-26,30-33H2,1-9H3,(H,56,61)(H,57,62)/t35-,36-,42-,43+,46+,47-,48-,49+,50-/m0/s1. The van der Waals surface area contributed by atoms with Crippen LogP contribution in [0.4, 0.5) is 5.69 Å². The second-order valence-electron chi connectivity index (χ2n) is 20.1. The first-order valence-corrected chi connectivity index (χ1v) is 23.6. The Morgan fingerprint density at radius 2 is 1.64 bits per heavy atom. The lowest BCUT2D eigenvalue weighted by Gasteiger charge is -2.62. The van der Waals surface area contributed by atoms with Gasteiger partial charge in [0.05, 0.1) is 20.3 Å². The van der Waals surface area contributed by atoms with E-state index >= 15 is 0 Å². The molecule has 1 saturated heterocycles. The fourth-order valence-electron chi connectivity index (χ4n) is 11.2. The summed E-state index contributed by atoms with van der Waals surface area (Å²) >= 11 is 0. The maximum absolute atomic E-state index is 14.9. The number of carbonyl (C=O) groups excluding carboxylic acids is 2. The molecule has 0 spiro atoms. The zero-order valence-electron chi connectivity index (χ0n) is 39.6. The Kier molecular flexibility index (Phi) is 15.2. The number of methoxy groups -OCH3 is 1. The van der Waals surface area contributed by atoms with E-state index in [1.165, 1.54) is 17.5 Å². The molecule has 0 radical (unpaired) electrons. The molecule has 0 unspecified atom stereocenters. The van der Waals surface area contributed by atoms with Gasteiger partial charge in [-0.3, -0.25) is 14.4 Å². The van der Waals surface area contributed by atoms with Crippen molar-refractivity contribution in [3.63, 3.8) is 0 Å². The highest BCUT2D eigenvalue weighted by molar-refractivity contribution is 5.97. The number of hydroxylamine groups is 2. The van der Waals surface area contributed by atoms with Crippen LogP contribution in [0, 0.1) is 35.0 Å². The van der Waals surface area contributed by atoms with Gasteiger partial charge in [-0.1, -0.05) is 113 Å². The van der Waals surface area contributed by atoms with Crippen LogP contribution in [0.15, 0.2) is 97.1 Å². The molecular weight excluding hydrogens is 799 g/mol. The summed E-state index contributed by atoms with van der Waals surface area (Å²) in [6.45, 7) is 14.3. The molecule has 64 heavy (non-hydrogen) atoms. The molecule has 8 rings (SSSR count). The smallest absolute Gasteiger partial charge is 0.251 e. The van der Waals surface area contributed by atoms with Crippen molar-refractivity contribution >= 4 is 17.5 Å². The number of benzene rings is 4. The van der Waals surface area contributed by atoms with E-state index in [1.54, 1.807) is 12.2 Å². The second-order valence-corrected chi connectivity index (χ2v) is 20.1. The van der Waals surface area contributed by atoms with E-state index in [0.717, 1.165) is 54.6 Å². The topological polar surface area (TPSA) is 115 Å². The van der Waals surface area contributed by atoms with Crippen LogP contribution >= 0.6 is 0 Å². The van der Waals surface area contributed by atoms with Gasteiger partial charge in [0.25, 0.3) is 5.91 Å². The molecule has 2 amide bonds. The molecule has 4 fully saturated rings. The van der Waals surface area contributed by atoms with Crippen molar-refractivity contribution in [2.75, 3.05) is 39.3 Å². The largest absolute Gasteiger partial charge is 0.496 e. The van der Waals surface area contributed by atoms with Crippen LogP contribution < -0.4 is 25.6 Å². The van der Waals surface area contributed by atoms with Gasteiger partial charge in [0, 0.05) is 60.5 Å². The van der Waals surface area contributed by atoms with Gasteiger partial charge < -0.3 is 30.7 Å². The molecule has 1 heterocycles. The number of anilines is 1. The van der Waals surface area contributed by atoms with Crippen molar-refractivity contribution < 1.29 is 24.3 Å². The maximum Gasteiger partial charge on any atom is 0.251 e. The minimum Gasteiger partial charge on any atom is -0.496 e. The van der Waals surface area contributed by atoms with Crippen molar-refractivity contribution in [3.05, 3.63) is 119 Å². The van der Waals surface area contributed by atoms with Crippen LogP contribution in [-0.2, 0) is 29.0 Å². The molecule has 3 aliphatic carbocycles. The zero-order valence-corrected chi connectivity index (χ0v) is 39.6. The van der Waals surface area contributed by atoms with Gasteiger partial charge in [0.15, 0.2) is 0 Å². The predicted octanol–water partition coefficient (Wildman–Crippen LogP) is 8.32. The highest BCUT2D eigenvalue weighted by Crippen LogP contribution is 2.61. The average molecular weight is 872 g/mol. The average Bonchev–Trinajstić information content (AvgIpc) is 3.65. The summed E-state index contributed by atoms with van der Waals surface area (Å²) in [6.07, 6.45) is 4.04.